The highest BCUT2D eigenvalue weighted by atomic mass is 19.1. The Morgan fingerprint density at radius 2 is 2.00 bits per heavy atom. The first kappa shape index (κ1) is 18.4. The average Bonchev–Trinajstić information content (AvgIpc) is 3.15. The summed E-state index contributed by atoms with van der Waals surface area (Å²) in [7, 11) is 1.88. The van der Waals surface area contributed by atoms with Gasteiger partial charge in [0.25, 0.3) is 0 Å². The fourth-order valence-electron chi connectivity index (χ4n) is 3.49. The van der Waals surface area contributed by atoms with Gasteiger partial charge in [-0.25, -0.2) is 14.4 Å². The van der Waals surface area contributed by atoms with Gasteiger partial charge < -0.3 is 19.3 Å². The Balaban J connectivity index is 1.47. The molecule has 0 spiro atoms. The molecular formula is C20H22FN5O2. The monoisotopic (exact) mass is 383 g/mol. The molecule has 0 bridgehead atoms. The molecule has 3 aromatic rings. The number of benzene rings is 1. The standard InChI is InChI=1S/C20H22FN5O2/c1-25-12-10-22-19(25)18(27)14-3-2-11-26(13-14)20-23-9-8-17(24-20)28-16-6-4-15(21)5-7-16/h4-10,12,14,18,27H,2-3,11,13H2,1H3. The van der Waals surface area contributed by atoms with Crippen molar-refractivity contribution < 1.29 is 14.2 Å². The average molecular weight is 383 g/mol. The molecule has 1 saturated heterocycles. The molecule has 1 aromatic carbocycles. The highest BCUT2D eigenvalue weighted by Gasteiger charge is 2.30. The predicted molar refractivity (Wildman–Crippen MR) is 102 cm³/mol. The topological polar surface area (TPSA) is 76.3 Å². The third-order valence-electron chi connectivity index (χ3n) is 4.96. The third-order valence-corrected chi connectivity index (χ3v) is 4.96. The van der Waals surface area contributed by atoms with Crippen LogP contribution in [0.25, 0.3) is 0 Å². The summed E-state index contributed by atoms with van der Waals surface area (Å²) >= 11 is 0. The number of hydrogen-bond acceptors (Lipinski definition) is 6. The van der Waals surface area contributed by atoms with E-state index in [1.54, 1.807) is 30.6 Å². The molecule has 0 saturated carbocycles. The van der Waals surface area contributed by atoms with Gasteiger partial charge in [0.15, 0.2) is 0 Å². The number of aryl methyl sites for hydroxylation is 1. The molecule has 2 aromatic heterocycles. The van der Waals surface area contributed by atoms with Crippen LogP contribution in [0.1, 0.15) is 24.8 Å². The van der Waals surface area contributed by atoms with Crippen LogP contribution in [0.5, 0.6) is 11.6 Å². The maximum Gasteiger partial charge on any atom is 0.228 e. The van der Waals surface area contributed by atoms with Crippen LogP contribution in [0.3, 0.4) is 0 Å². The number of aromatic nitrogens is 4. The van der Waals surface area contributed by atoms with E-state index in [1.165, 1.54) is 12.1 Å². The first-order chi connectivity index (χ1) is 13.6. The molecule has 4 rings (SSSR count). The molecule has 1 N–H and O–H groups in total. The van der Waals surface area contributed by atoms with Gasteiger partial charge in [0.1, 0.15) is 23.5 Å². The molecule has 1 aliphatic heterocycles. The highest BCUT2D eigenvalue weighted by molar-refractivity contribution is 5.35. The molecule has 1 fully saturated rings. The van der Waals surface area contributed by atoms with Gasteiger partial charge in [0.2, 0.25) is 11.8 Å². The summed E-state index contributed by atoms with van der Waals surface area (Å²) in [6, 6.07) is 7.45. The summed E-state index contributed by atoms with van der Waals surface area (Å²) in [5, 5.41) is 10.7. The van der Waals surface area contributed by atoms with Gasteiger partial charge in [0.05, 0.1) is 0 Å². The van der Waals surface area contributed by atoms with Crippen molar-refractivity contribution in [3.63, 3.8) is 0 Å². The molecule has 2 atom stereocenters. The van der Waals surface area contributed by atoms with Crippen LogP contribution in [0.15, 0.2) is 48.9 Å². The van der Waals surface area contributed by atoms with Crippen molar-refractivity contribution in [2.75, 3.05) is 18.0 Å². The van der Waals surface area contributed by atoms with Crippen molar-refractivity contribution in [2.24, 2.45) is 13.0 Å². The number of ether oxygens (including phenoxy) is 1. The Hall–Kier alpha value is -3.00. The van der Waals surface area contributed by atoms with E-state index in [4.69, 9.17) is 4.74 Å². The molecule has 2 unspecified atom stereocenters. The second-order valence-electron chi connectivity index (χ2n) is 6.94. The molecule has 146 valence electrons. The van der Waals surface area contributed by atoms with Crippen LogP contribution in [-0.2, 0) is 7.05 Å². The summed E-state index contributed by atoms with van der Waals surface area (Å²) in [6.07, 6.45) is 6.37. The summed E-state index contributed by atoms with van der Waals surface area (Å²) in [5.41, 5.74) is 0. The molecule has 8 heteroatoms. The fraction of sp³-hybridized carbons (Fsp3) is 0.350. The van der Waals surface area contributed by atoms with Crippen molar-refractivity contribution in [3.05, 3.63) is 60.6 Å². The fourth-order valence-corrected chi connectivity index (χ4v) is 3.49. The van der Waals surface area contributed by atoms with Crippen molar-refractivity contribution in [1.82, 2.24) is 19.5 Å². The number of nitrogens with zero attached hydrogens (tertiary/aromatic N) is 5. The van der Waals surface area contributed by atoms with Crippen molar-refractivity contribution in [2.45, 2.75) is 18.9 Å². The summed E-state index contributed by atoms with van der Waals surface area (Å²) in [6.45, 7) is 1.44. The Morgan fingerprint density at radius 3 is 2.75 bits per heavy atom. The number of rotatable bonds is 5. The molecule has 28 heavy (non-hydrogen) atoms. The van der Waals surface area contributed by atoms with Crippen LogP contribution >= 0.6 is 0 Å². The van der Waals surface area contributed by atoms with Gasteiger partial charge >= 0.3 is 0 Å². The summed E-state index contributed by atoms with van der Waals surface area (Å²) in [5.74, 6) is 1.84. The smallest absolute Gasteiger partial charge is 0.228 e. The van der Waals surface area contributed by atoms with Crippen molar-refractivity contribution in [3.8, 4) is 11.6 Å². The highest BCUT2D eigenvalue weighted by Crippen LogP contribution is 2.30. The number of imidazole rings is 1. The lowest BCUT2D eigenvalue weighted by Crippen LogP contribution is -2.39. The van der Waals surface area contributed by atoms with E-state index in [-0.39, 0.29) is 11.7 Å². The number of hydrogen-bond donors (Lipinski definition) is 1. The van der Waals surface area contributed by atoms with E-state index in [0.29, 0.717) is 29.9 Å². The van der Waals surface area contributed by atoms with E-state index in [0.717, 1.165) is 19.4 Å². The van der Waals surface area contributed by atoms with E-state index >= 15 is 0 Å². The van der Waals surface area contributed by atoms with Gasteiger partial charge in [-0.1, -0.05) is 0 Å². The van der Waals surface area contributed by atoms with Crippen molar-refractivity contribution >= 4 is 5.95 Å². The van der Waals surface area contributed by atoms with Crippen LogP contribution in [0.4, 0.5) is 10.3 Å². The molecule has 0 radical (unpaired) electrons. The Kier molecular flexibility index (Phi) is 5.21. The lowest BCUT2D eigenvalue weighted by Gasteiger charge is -2.34. The van der Waals surface area contributed by atoms with Crippen LogP contribution in [-0.4, -0.2) is 37.7 Å². The largest absolute Gasteiger partial charge is 0.439 e. The first-order valence-corrected chi connectivity index (χ1v) is 9.27. The molecular weight excluding hydrogens is 361 g/mol. The predicted octanol–water partition coefficient (Wildman–Crippen LogP) is 3.09. The van der Waals surface area contributed by atoms with Gasteiger partial charge in [0, 0.05) is 50.7 Å². The minimum Gasteiger partial charge on any atom is -0.439 e. The van der Waals surface area contributed by atoms with Gasteiger partial charge in [-0.3, -0.25) is 0 Å². The Labute approximate surface area is 162 Å². The van der Waals surface area contributed by atoms with Gasteiger partial charge in [-0.2, -0.15) is 4.98 Å². The lowest BCUT2D eigenvalue weighted by molar-refractivity contribution is 0.0872. The number of aliphatic hydroxyl groups is 1. The summed E-state index contributed by atoms with van der Waals surface area (Å²) < 4.78 is 20.6. The molecule has 0 aliphatic carbocycles. The zero-order valence-corrected chi connectivity index (χ0v) is 15.6. The van der Waals surface area contributed by atoms with E-state index < -0.39 is 6.10 Å². The Bertz CT molecular complexity index is 930. The number of halogens is 1. The maximum absolute atomic E-state index is 13.0. The molecule has 1 aliphatic rings. The quantitative estimate of drug-likeness (QED) is 0.730. The van der Waals surface area contributed by atoms with Crippen LogP contribution in [0, 0.1) is 11.7 Å². The molecule has 0 amide bonds. The normalized spacial score (nSPS) is 18.1. The molecule has 3 heterocycles. The SMILES string of the molecule is Cn1ccnc1C(O)C1CCCN(c2nccc(Oc3ccc(F)cc3)n2)C1. The Morgan fingerprint density at radius 1 is 1.18 bits per heavy atom. The van der Waals surface area contributed by atoms with Crippen LogP contribution < -0.4 is 9.64 Å². The number of anilines is 1. The zero-order valence-electron chi connectivity index (χ0n) is 15.6. The third kappa shape index (κ3) is 3.96. The van der Waals surface area contributed by atoms with Crippen molar-refractivity contribution in [1.29, 1.82) is 0 Å². The number of piperidine rings is 1. The van der Waals surface area contributed by atoms with E-state index in [1.807, 2.05) is 17.8 Å². The minimum absolute atomic E-state index is 0.0418. The number of aliphatic hydroxyl groups excluding tert-OH is 1. The van der Waals surface area contributed by atoms with E-state index in [2.05, 4.69) is 19.9 Å². The van der Waals surface area contributed by atoms with Gasteiger partial charge in [-0.05, 0) is 37.1 Å². The lowest BCUT2D eigenvalue weighted by atomic mass is 9.92. The summed E-state index contributed by atoms with van der Waals surface area (Å²) in [4.78, 5) is 15.2. The van der Waals surface area contributed by atoms with Gasteiger partial charge in [-0.15, -0.1) is 0 Å². The molecule has 7 nitrogen and oxygen atoms in total. The van der Waals surface area contributed by atoms with E-state index in [9.17, 15) is 9.50 Å². The van der Waals surface area contributed by atoms with Crippen LogP contribution in [0.2, 0.25) is 0 Å². The maximum atomic E-state index is 13.0. The second kappa shape index (κ2) is 7.93. The first-order valence-electron chi connectivity index (χ1n) is 9.27. The zero-order chi connectivity index (χ0) is 19.5. The second-order valence-corrected chi connectivity index (χ2v) is 6.94. The minimum atomic E-state index is -0.638.